The molecular weight excluding hydrogens is 574 g/mol. The maximum Gasteiger partial charge on any atom is 0.308 e. The lowest BCUT2D eigenvalue weighted by atomic mass is 9.94. The zero-order valence-electron chi connectivity index (χ0n) is 31.1. The van der Waals surface area contributed by atoms with Gasteiger partial charge in [-0.1, -0.05) is 142 Å². The molecule has 0 aliphatic carbocycles. The second-order valence-electron chi connectivity index (χ2n) is 13.8. The largest absolute Gasteiger partial charge is 0.466 e. The summed E-state index contributed by atoms with van der Waals surface area (Å²) in [5.41, 5.74) is 0. The average Bonchev–Trinajstić information content (AvgIpc) is 3.04. The first-order valence-corrected chi connectivity index (χ1v) is 20.2. The highest BCUT2D eigenvalue weighted by atomic mass is 16.5. The molecule has 0 saturated carbocycles. The Morgan fingerprint density at radius 3 is 1.33 bits per heavy atom. The van der Waals surface area contributed by atoms with Crippen LogP contribution in [0.15, 0.2) is 0 Å². The van der Waals surface area contributed by atoms with Crippen molar-refractivity contribution in [2.75, 3.05) is 39.5 Å². The number of carbonyl (C=O) groups is 2. The van der Waals surface area contributed by atoms with E-state index in [2.05, 4.69) is 18.7 Å². The molecule has 0 aromatic heterocycles. The molecule has 0 radical (unpaired) electrons. The molecule has 0 aromatic rings. The maximum atomic E-state index is 12.8. The monoisotopic (exact) mass is 654 g/mol. The fourth-order valence-corrected chi connectivity index (χ4v) is 6.30. The Morgan fingerprint density at radius 1 is 0.500 bits per heavy atom. The van der Waals surface area contributed by atoms with Crippen molar-refractivity contribution in [3.05, 3.63) is 0 Å². The van der Waals surface area contributed by atoms with E-state index in [0.717, 1.165) is 64.3 Å². The van der Waals surface area contributed by atoms with Gasteiger partial charge in [0.05, 0.1) is 19.1 Å². The number of carbonyl (C=O) groups excluding carboxylic acids is 2. The molecule has 0 spiro atoms. The number of esters is 2. The van der Waals surface area contributed by atoms with Gasteiger partial charge < -0.3 is 19.5 Å². The number of unbranched alkanes of at least 4 members (excludes halogenated alkanes) is 21. The van der Waals surface area contributed by atoms with Crippen LogP contribution in [-0.4, -0.2) is 61.4 Å². The molecule has 0 amide bonds. The van der Waals surface area contributed by atoms with Gasteiger partial charge in [-0.05, 0) is 71.0 Å². The summed E-state index contributed by atoms with van der Waals surface area (Å²) >= 11 is 0. The molecule has 1 unspecified atom stereocenters. The van der Waals surface area contributed by atoms with Gasteiger partial charge in [0.25, 0.3) is 0 Å². The molecule has 0 aliphatic heterocycles. The summed E-state index contributed by atoms with van der Waals surface area (Å²) < 4.78 is 10.8. The summed E-state index contributed by atoms with van der Waals surface area (Å²) in [5, 5.41) is 9.20. The zero-order chi connectivity index (χ0) is 33.8. The molecule has 0 fully saturated rings. The van der Waals surface area contributed by atoms with Crippen molar-refractivity contribution in [3.8, 4) is 0 Å². The predicted octanol–water partition coefficient (Wildman–Crippen LogP) is 11.0. The van der Waals surface area contributed by atoms with E-state index in [1.54, 1.807) is 0 Å². The molecule has 46 heavy (non-hydrogen) atoms. The van der Waals surface area contributed by atoms with Crippen LogP contribution in [0.1, 0.15) is 201 Å². The van der Waals surface area contributed by atoms with Crippen LogP contribution in [0.3, 0.4) is 0 Å². The third kappa shape index (κ3) is 32.8. The van der Waals surface area contributed by atoms with Crippen LogP contribution in [0.2, 0.25) is 0 Å². The van der Waals surface area contributed by atoms with E-state index in [1.165, 1.54) is 142 Å². The van der Waals surface area contributed by atoms with Gasteiger partial charge in [0.2, 0.25) is 0 Å². The van der Waals surface area contributed by atoms with Crippen LogP contribution >= 0.6 is 0 Å². The Bertz CT molecular complexity index is 643. The van der Waals surface area contributed by atoms with Gasteiger partial charge in [-0.25, -0.2) is 0 Å². The van der Waals surface area contributed by atoms with E-state index in [0.29, 0.717) is 19.8 Å². The van der Waals surface area contributed by atoms with E-state index in [1.807, 2.05) is 0 Å². The van der Waals surface area contributed by atoms with Crippen LogP contribution < -0.4 is 0 Å². The number of hydrogen-bond acceptors (Lipinski definition) is 6. The third-order valence-electron chi connectivity index (χ3n) is 9.32. The predicted molar refractivity (Wildman–Crippen MR) is 195 cm³/mol. The Balaban J connectivity index is 3.97. The highest BCUT2D eigenvalue weighted by Crippen LogP contribution is 2.21. The van der Waals surface area contributed by atoms with E-state index in [4.69, 9.17) is 9.47 Å². The highest BCUT2D eigenvalue weighted by molar-refractivity contribution is 5.72. The Labute approximate surface area is 286 Å². The van der Waals surface area contributed by atoms with Gasteiger partial charge >= 0.3 is 11.9 Å². The molecule has 274 valence electrons. The standard InChI is InChI=1S/C40H79NO5/c1-4-6-8-10-17-23-31-39(30-22-9-7-5-2)40(44)46-37-29-21-16-12-14-19-25-33-41(34-26-27-35-42)32-24-18-13-11-15-20-28-36-45-38(3)43/h39,42H,4-37H2,1-3H3. The Kier molecular flexibility index (Phi) is 35.8. The van der Waals surface area contributed by atoms with Gasteiger partial charge in [-0.2, -0.15) is 0 Å². The van der Waals surface area contributed by atoms with Gasteiger partial charge in [0, 0.05) is 13.5 Å². The van der Waals surface area contributed by atoms with Crippen LogP contribution in [0.4, 0.5) is 0 Å². The summed E-state index contributed by atoms with van der Waals surface area (Å²) in [7, 11) is 0. The molecule has 0 heterocycles. The number of rotatable bonds is 37. The van der Waals surface area contributed by atoms with Crippen molar-refractivity contribution in [2.45, 2.75) is 201 Å². The summed E-state index contributed by atoms with van der Waals surface area (Å²) in [6, 6.07) is 0. The molecule has 1 atom stereocenters. The highest BCUT2D eigenvalue weighted by Gasteiger charge is 2.19. The molecule has 6 nitrogen and oxygen atoms in total. The lowest BCUT2D eigenvalue weighted by Crippen LogP contribution is -2.27. The van der Waals surface area contributed by atoms with Crippen molar-refractivity contribution < 1.29 is 24.2 Å². The third-order valence-corrected chi connectivity index (χ3v) is 9.32. The molecule has 0 aromatic carbocycles. The topological polar surface area (TPSA) is 76.1 Å². The fraction of sp³-hybridized carbons (Fsp3) is 0.950. The molecule has 1 N–H and O–H groups in total. The summed E-state index contributed by atoms with van der Waals surface area (Å²) in [4.78, 5) is 26.3. The number of aliphatic hydroxyl groups excluding tert-OH is 1. The van der Waals surface area contributed by atoms with Crippen LogP contribution in [0.5, 0.6) is 0 Å². The van der Waals surface area contributed by atoms with Gasteiger partial charge in [0.15, 0.2) is 0 Å². The zero-order valence-corrected chi connectivity index (χ0v) is 31.1. The van der Waals surface area contributed by atoms with Crippen molar-refractivity contribution in [1.29, 1.82) is 0 Å². The first kappa shape index (κ1) is 44.9. The fourth-order valence-electron chi connectivity index (χ4n) is 6.30. The van der Waals surface area contributed by atoms with E-state index in [9.17, 15) is 14.7 Å². The molecule has 6 heteroatoms. The molecular formula is C40H79NO5. The minimum absolute atomic E-state index is 0.0709. The lowest BCUT2D eigenvalue weighted by molar-refractivity contribution is -0.149. The van der Waals surface area contributed by atoms with Gasteiger partial charge in [0.1, 0.15) is 0 Å². The smallest absolute Gasteiger partial charge is 0.308 e. The van der Waals surface area contributed by atoms with E-state index >= 15 is 0 Å². The van der Waals surface area contributed by atoms with Crippen molar-refractivity contribution in [1.82, 2.24) is 4.90 Å². The Morgan fingerprint density at radius 2 is 0.870 bits per heavy atom. The van der Waals surface area contributed by atoms with Crippen molar-refractivity contribution >= 4 is 11.9 Å². The van der Waals surface area contributed by atoms with Gasteiger partial charge in [-0.3, -0.25) is 9.59 Å². The normalized spacial score (nSPS) is 12.1. The summed E-state index contributed by atoms with van der Waals surface area (Å²) in [6.07, 6.45) is 33.5. The molecule has 0 bridgehead atoms. The maximum absolute atomic E-state index is 12.8. The summed E-state index contributed by atoms with van der Waals surface area (Å²) in [6.45, 7) is 10.9. The van der Waals surface area contributed by atoms with Crippen LogP contribution in [0, 0.1) is 5.92 Å². The molecule has 0 rings (SSSR count). The summed E-state index contributed by atoms with van der Waals surface area (Å²) in [5.74, 6) is 0.00803. The second-order valence-corrected chi connectivity index (χ2v) is 13.8. The van der Waals surface area contributed by atoms with Crippen molar-refractivity contribution in [2.24, 2.45) is 5.92 Å². The van der Waals surface area contributed by atoms with Gasteiger partial charge in [-0.15, -0.1) is 0 Å². The minimum atomic E-state index is -0.176. The first-order valence-electron chi connectivity index (χ1n) is 20.2. The Hall–Kier alpha value is -1.14. The van der Waals surface area contributed by atoms with Crippen LogP contribution in [-0.2, 0) is 19.1 Å². The number of ether oxygens (including phenoxy) is 2. The van der Waals surface area contributed by atoms with Crippen LogP contribution in [0.25, 0.3) is 0 Å². The lowest BCUT2D eigenvalue weighted by Gasteiger charge is -2.22. The number of hydrogen-bond donors (Lipinski definition) is 1. The van der Waals surface area contributed by atoms with Crippen molar-refractivity contribution in [3.63, 3.8) is 0 Å². The van der Waals surface area contributed by atoms with E-state index < -0.39 is 0 Å². The number of nitrogens with zero attached hydrogens (tertiary/aromatic N) is 1. The molecule has 0 saturated heterocycles. The van der Waals surface area contributed by atoms with E-state index in [-0.39, 0.29) is 17.9 Å². The SMILES string of the molecule is CCCCCCCCC(CCCCCC)C(=O)OCCCCCCCCCN(CCCCO)CCCCCCCCCOC(C)=O. The second kappa shape index (κ2) is 36.7. The first-order chi connectivity index (χ1) is 22.5. The molecule has 0 aliphatic rings. The average molecular weight is 654 g/mol. The number of aliphatic hydroxyl groups is 1. The quantitative estimate of drug-likeness (QED) is 0.0531. The minimum Gasteiger partial charge on any atom is -0.466 e.